The monoisotopic (exact) mass is 723 g/mol. The number of H-pyrrole nitrogens is 1. The van der Waals surface area contributed by atoms with E-state index in [0.29, 0.717) is 25.8 Å². The maximum atomic E-state index is 13.1. The molecule has 2 saturated heterocycles. The van der Waals surface area contributed by atoms with Crippen molar-refractivity contribution in [1.82, 2.24) is 20.2 Å². The van der Waals surface area contributed by atoms with Crippen LogP contribution in [0.15, 0.2) is 33.7 Å². The quantitative estimate of drug-likeness (QED) is 0.0844. The number of aromatic amines is 1. The summed E-state index contributed by atoms with van der Waals surface area (Å²) in [4.78, 5) is 78.1. The molecule has 0 aromatic carbocycles. The number of aromatic nitrogens is 2. The first kappa shape index (κ1) is 39.7. The van der Waals surface area contributed by atoms with Crippen LogP contribution in [0, 0.1) is 0 Å². The second-order valence-electron chi connectivity index (χ2n) is 12.8. The van der Waals surface area contributed by atoms with E-state index in [0.717, 1.165) is 67.9 Å². The molecule has 0 aliphatic carbocycles. The topological polar surface area (TPSA) is 260 Å². The van der Waals surface area contributed by atoms with Crippen LogP contribution in [0.4, 0.5) is 0 Å². The molecule has 0 radical (unpaired) electrons. The Kier molecular flexibility index (Phi) is 14.7. The van der Waals surface area contributed by atoms with Crippen molar-refractivity contribution in [1.29, 1.82) is 0 Å². The Morgan fingerprint density at radius 1 is 1.08 bits per heavy atom. The number of carbonyl (C=O) groups excluding carboxylic acids is 4. The summed E-state index contributed by atoms with van der Waals surface area (Å²) < 4.78 is 29.8. The Bertz CT molecular complexity index is 1510. The number of aliphatic hydroxyl groups excluding tert-OH is 2. The number of rotatable bonds is 17. The summed E-state index contributed by atoms with van der Waals surface area (Å²) >= 11 is 0. The average molecular weight is 724 g/mol. The number of carbonyl (C=O) groups is 4. The second kappa shape index (κ2) is 18.9. The van der Waals surface area contributed by atoms with Gasteiger partial charge in [0.25, 0.3) is 11.5 Å². The molecule has 1 aromatic heterocycles. The number of methoxy groups -OCH3 is 1. The first-order valence-electron chi connectivity index (χ1n) is 17.4. The summed E-state index contributed by atoms with van der Waals surface area (Å²) in [5.74, 6) is -3.56. The number of amides is 3. The zero-order valence-corrected chi connectivity index (χ0v) is 28.8. The van der Waals surface area contributed by atoms with E-state index in [1.807, 2.05) is 0 Å². The minimum Gasteiger partial charge on any atom is -0.456 e. The van der Waals surface area contributed by atoms with Crippen LogP contribution in [0.1, 0.15) is 83.8 Å². The molecule has 3 aliphatic heterocycles. The highest BCUT2D eigenvalue weighted by atomic mass is 16.7. The van der Waals surface area contributed by atoms with E-state index in [-0.39, 0.29) is 6.42 Å². The lowest BCUT2D eigenvalue weighted by atomic mass is 10.0. The van der Waals surface area contributed by atoms with Gasteiger partial charge in [-0.05, 0) is 31.8 Å². The molecular formula is C33H49N5O13. The Morgan fingerprint density at radius 2 is 1.80 bits per heavy atom. The molecule has 4 rings (SSSR count). The van der Waals surface area contributed by atoms with E-state index in [2.05, 4.69) is 22.5 Å². The van der Waals surface area contributed by atoms with Gasteiger partial charge in [0.2, 0.25) is 18.1 Å². The SMILES string of the molecule is CCCCCCCCCC(=O)O[C@@H]1[C@H](OC)[C@@H]([C@@H](O[C@H]2OC(C(=O)N[C@H]3CCCCNC3=O)=C[C@H](O)[C@@H]2O)C(N)=O)O[C@H]1n1ccc(=O)[nH]c1=O. The maximum Gasteiger partial charge on any atom is 0.330 e. The number of ether oxygens (including phenoxy) is 5. The molecule has 3 aliphatic rings. The zero-order valence-electron chi connectivity index (χ0n) is 28.8. The van der Waals surface area contributed by atoms with E-state index in [1.54, 1.807) is 0 Å². The van der Waals surface area contributed by atoms with Gasteiger partial charge in [0.05, 0.1) is 0 Å². The van der Waals surface area contributed by atoms with Crippen molar-refractivity contribution < 1.29 is 53.1 Å². The highest BCUT2D eigenvalue weighted by Crippen LogP contribution is 2.36. The third-order valence-electron chi connectivity index (χ3n) is 8.99. The molecule has 0 unspecified atom stereocenters. The fourth-order valence-corrected chi connectivity index (χ4v) is 6.23. The smallest absolute Gasteiger partial charge is 0.330 e. The second-order valence-corrected chi connectivity index (χ2v) is 12.8. The van der Waals surface area contributed by atoms with Gasteiger partial charge in [-0.15, -0.1) is 0 Å². The Hall–Kier alpha value is -4.10. The van der Waals surface area contributed by atoms with E-state index in [4.69, 9.17) is 29.4 Å². The summed E-state index contributed by atoms with van der Waals surface area (Å²) in [6.07, 6.45) is -2.31. The van der Waals surface area contributed by atoms with E-state index < -0.39 is 95.9 Å². The van der Waals surface area contributed by atoms with Gasteiger partial charge in [-0.2, -0.15) is 0 Å². The van der Waals surface area contributed by atoms with Crippen LogP contribution < -0.4 is 27.6 Å². The fraction of sp³-hybridized carbons (Fsp3) is 0.697. The van der Waals surface area contributed by atoms with Gasteiger partial charge >= 0.3 is 11.7 Å². The van der Waals surface area contributed by atoms with E-state index in [1.165, 1.54) is 7.11 Å². The normalized spacial score (nSPS) is 28.5. The van der Waals surface area contributed by atoms with Gasteiger partial charge in [-0.25, -0.2) is 4.79 Å². The minimum absolute atomic E-state index is 0.0497. The van der Waals surface area contributed by atoms with Crippen LogP contribution in [0.3, 0.4) is 0 Å². The number of hydrogen-bond acceptors (Lipinski definition) is 13. The lowest BCUT2D eigenvalue weighted by Crippen LogP contribution is -2.54. The summed E-state index contributed by atoms with van der Waals surface area (Å²) in [5, 5.41) is 26.5. The van der Waals surface area contributed by atoms with Crippen molar-refractivity contribution in [3.05, 3.63) is 44.9 Å². The number of nitrogens with one attached hydrogen (secondary N) is 3. The van der Waals surface area contributed by atoms with Gasteiger partial charge in [-0.3, -0.25) is 33.5 Å². The lowest BCUT2D eigenvalue weighted by molar-refractivity contribution is -0.241. The molecule has 7 N–H and O–H groups in total. The zero-order chi connectivity index (χ0) is 37.1. The van der Waals surface area contributed by atoms with Crippen molar-refractivity contribution in [2.75, 3.05) is 13.7 Å². The molecule has 0 bridgehead atoms. The predicted octanol–water partition coefficient (Wildman–Crippen LogP) is -0.881. The summed E-state index contributed by atoms with van der Waals surface area (Å²) in [5.41, 5.74) is 4.11. The van der Waals surface area contributed by atoms with Crippen LogP contribution in [0.25, 0.3) is 0 Å². The molecule has 0 saturated carbocycles. The number of aliphatic hydroxyl groups is 2. The number of hydrogen-bond donors (Lipinski definition) is 6. The summed E-state index contributed by atoms with van der Waals surface area (Å²) in [6, 6.07) is 0.171. The van der Waals surface area contributed by atoms with Crippen molar-refractivity contribution in [3.63, 3.8) is 0 Å². The molecule has 3 amide bonds. The molecule has 284 valence electrons. The standard InChI is InChI=1S/C33H49N5O13/c1-3-4-5-6-7-8-9-13-22(41)49-27-24(47-2)25(50-31(27)38-16-14-21(40)37-33(38)46)26(28(34)43)51-32-23(42)19(39)17-20(48-32)30(45)36-18-12-10-11-15-35-29(18)44/h14,16-19,23-27,31-32,39,42H,3-13,15H2,1-2H3,(H2,34,43)(H,35,44)(H,36,45)(H,37,40,46)/t18-,19-,23-,24+,25-,26+,27+,31+,32+/m0/s1. The number of unbranched alkanes of at least 4 members (excludes halogenated alkanes) is 6. The van der Waals surface area contributed by atoms with E-state index >= 15 is 0 Å². The van der Waals surface area contributed by atoms with Crippen LogP contribution in [-0.2, 0) is 42.9 Å². The average Bonchev–Trinajstić information content (AvgIpc) is 3.30. The van der Waals surface area contributed by atoms with Crippen molar-refractivity contribution >= 4 is 23.7 Å². The van der Waals surface area contributed by atoms with Gasteiger partial charge < -0.3 is 50.3 Å². The van der Waals surface area contributed by atoms with Gasteiger partial charge in [0.15, 0.2) is 24.2 Å². The Balaban J connectivity index is 1.52. The largest absolute Gasteiger partial charge is 0.456 e. The van der Waals surface area contributed by atoms with Crippen molar-refractivity contribution in [3.8, 4) is 0 Å². The maximum absolute atomic E-state index is 13.1. The number of nitrogens with two attached hydrogens (primary N) is 1. The number of nitrogens with zero attached hydrogens (tertiary/aromatic N) is 1. The van der Waals surface area contributed by atoms with Crippen LogP contribution in [0.5, 0.6) is 0 Å². The molecule has 1 aromatic rings. The number of esters is 1. The third kappa shape index (κ3) is 10.5. The molecule has 0 spiro atoms. The Labute approximate surface area is 294 Å². The fourth-order valence-electron chi connectivity index (χ4n) is 6.23. The first-order valence-corrected chi connectivity index (χ1v) is 17.4. The molecule has 9 atom stereocenters. The highest BCUT2D eigenvalue weighted by molar-refractivity contribution is 5.95. The van der Waals surface area contributed by atoms with Gasteiger partial charge in [-0.1, -0.05) is 45.4 Å². The first-order chi connectivity index (χ1) is 24.4. The molecule has 18 nitrogen and oxygen atoms in total. The summed E-state index contributed by atoms with van der Waals surface area (Å²) in [6.45, 7) is 2.59. The van der Waals surface area contributed by atoms with Gasteiger partial charge in [0.1, 0.15) is 30.5 Å². The number of primary amides is 1. The van der Waals surface area contributed by atoms with Crippen molar-refractivity contribution in [2.45, 2.75) is 133 Å². The molecular weight excluding hydrogens is 674 g/mol. The molecule has 4 heterocycles. The molecule has 2 fully saturated rings. The Morgan fingerprint density at radius 3 is 2.49 bits per heavy atom. The molecule has 18 heteroatoms. The lowest BCUT2D eigenvalue weighted by Gasteiger charge is -2.35. The highest BCUT2D eigenvalue weighted by Gasteiger charge is 2.54. The molecule has 51 heavy (non-hydrogen) atoms. The van der Waals surface area contributed by atoms with E-state index in [9.17, 15) is 39.0 Å². The van der Waals surface area contributed by atoms with Gasteiger partial charge in [0, 0.05) is 32.3 Å². The van der Waals surface area contributed by atoms with Crippen LogP contribution in [0.2, 0.25) is 0 Å². The minimum atomic E-state index is -1.87. The van der Waals surface area contributed by atoms with Crippen LogP contribution in [-0.4, -0.2) is 106 Å². The van der Waals surface area contributed by atoms with Crippen molar-refractivity contribution in [2.24, 2.45) is 5.73 Å². The van der Waals surface area contributed by atoms with Crippen LogP contribution >= 0.6 is 0 Å². The third-order valence-corrected chi connectivity index (χ3v) is 8.99. The summed E-state index contributed by atoms with van der Waals surface area (Å²) in [7, 11) is 1.23. The predicted molar refractivity (Wildman–Crippen MR) is 176 cm³/mol.